The van der Waals surface area contributed by atoms with Crippen LogP contribution in [-0.2, 0) is 24.0 Å². The smallest absolute Gasteiger partial charge is 0.321 e. The molecule has 6 aliphatic rings. The van der Waals surface area contributed by atoms with E-state index in [1.165, 1.54) is 38.9 Å². The number of rotatable bonds is 17. The van der Waals surface area contributed by atoms with E-state index in [1.54, 1.807) is 58.8 Å². The van der Waals surface area contributed by atoms with Crippen molar-refractivity contribution >= 4 is 109 Å². The number of likely N-dealkylation sites (tertiary alicyclic amines) is 6. The van der Waals surface area contributed by atoms with Gasteiger partial charge in [0.25, 0.3) is 0 Å². The number of nitrogens with one attached hydrogen (secondary N) is 4. The summed E-state index contributed by atoms with van der Waals surface area (Å²) < 4.78 is 13.5. The van der Waals surface area contributed by atoms with Gasteiger partial charge in [-0.1, -0.05) is 60.7 Å². The molecule has 0 aliphatic carbocycles. The highest BCUT2D eigenvalue weighted by Gasteiger charge is 2.42. The van der Waals surface area contributed by atoms with Gasteiger partial charge in [0.15, 0.2) is 0 Å². The fraction of sp³-hybridized carbons (Fsp3) is 0.415. The summed E-state index contributed by atoms with van der Waals surface area (Å²) in [6, 6.07) is 33.8. The summed E-state index contributed by atoms with van der Waals surface area (Å²) in [5, 5.41) is 42.9. The van der Waals surface area contributed by atoms with Gasteiger partial charge in [-0.15, -0.1) is 11.3 Å². The van der Waals surface area contributed by atoms with E-state index in [4.69, 9.17) is 0 Å². The predicted molar refractivity (Wildman–Crippen MR) is 410 cm³/mol. The Bertz CT molecular complexity index is 4260. The van der Waals surface area contributed by atoms with Crippen LogP contribution in [0.1, 0.15) is 127 Å². The second-order valence-corrected chi connectivity index (χ2v) is 30.7. The summed E-state index contributed by atoms with van der Waals surface area (Å²) in [5.41, 5.74) is 9.57. The van der Waals surface area contributed by atoms with Crippen molar-refractivity contribution < 1.29 is 48.5 Å². The third-order valence-corrected chi connectivity index (χ3v) is 24.4. The number of hydrogen-bond donors (Lipinski definition) is 7. The van der Waals surface area contributed by atoms with Gasteiger partial charge in [0.05, 0.1) is 0 Å². The minimum Gasteiger partial charge on any atom is -0.480 e. The Hall–Kier alpha value is -9.19. The second kappa shape index (κ2) is 34.2. The van der Waals surface area contributed by atoms with Crippen LogP contribution >= 0.6 is 22.7 Å². The highest BCUT2D eigenvalue weighted by molar-refractivity contribution is 7.10. The maximum atomic E-state index is 13.5. The average Bonchev–Trinajstić information content (AvgIpc) is 1.08. The Balaban J connectivity index is 0.000000139. The molecular formula is C82H95FN10O9S2. The van der Waals surface area contributed by atoms with Gasteiger partial charge in [-0.25, -0.2) is 9.18 Å². The Kier molecular flexibility index (Phi) is 24.0. The zero-order valence-corrected chi connectivity index (χ0v) is 60.6. The maximum Gasteiger partial charge on any atom is 0.321 e. The number of H-pyrrole nitrogens is 3. The van der Waals surface area contributed by atoms with Crippen LogP contribution in [0.5, 0.6) is 0 Å². The third kappa shape index (κ3) is 17.4. The van der Waals surface area contributed by atoms with Crippen molar-refractivity contribution in [2.24, 2.45) is 17.8 Å². The Morgan fingerprint density at radius 3 is 1.23 bits per heavy atom. The molecule has 4 amide bonds. The normalized spacial score (nSPS) is 19.4. The highest BCUT2D eigenvalue weighted by Crippen LogP contribution is 2.40. The van der Waals surface area contributed by atoms with Gasteiger partial charge < -0.3 is 50.3 Å². The predicted octanol–water partition coefficient (Wildman–Crippen LogP) is 14.8. The number of aromatic nitrogens is 3. The van der Waals surface area contributed by atoms with E-state index in [1.807, 2.05) is 74.5 Å². The molecule has 104 heavy (non-hydrogen) atoms. The summed E-state index contributed by atoms with van der Waals surface area (Å²) in [4.78, 5) is 97.8. The molecule has 11 heterocycles. The first kappa shape index (κ1) is 73.1. The van der Waals surface area contributed by atoms with Crippen molar-refractivity contribution in [1.82, 2.24) is 44.4 Å². The van der Waals surface area contributed by atoms with Crippen molar-refractivity contribution in [3.63, 3.8) is 0 Å². The molecule has 6 fully saturated rings. The largest absolute Gasteiger partial charge is 0.480 e. The number of urea groups is 1. The Morgan fingerprint density at radius 2 is 0.865 bits per heavy atom. The number of aromatic amines is 3. The number of nitrogens with zero attached hydrogens (tertiary/aromatic N) is 6. The molecular weight excluding hydrogens is 1350 g/mol. The van der Waals surface area contributed by atoms with Crippen LogP contribution in [0.2, 0.25) is 0 Å². The second-order valence-electron chi connectivity index (χ2n) is 28.9. The van der Waals surface area contributed by atoms with Gasteiger partial charge in [0.1, 0.15) is 23.9 Å². The van der Waals surface area contributed by atoms with Crippen molar-refractivity contribution in [3.8, 4) is 0 Å². The van der Waals surface area contributed by atoms with E-state index in [-0.39, 0.29) is 41.4 Å². The van der Waals surface area contributed by atoms with E-state index in [0.29, 0.717) is 81.1 Å². The first-order valence-electron chi connectivity index (χ1n) is 37.0. The quantitative estimate of drug-likeness (QED) is 0.0421. The number of thiophene rings is 2. The standard InChI is InChI=1S/C28H33FN4O3.2C27H31N3O3S/c1-18-16-21(6-7-24(18)29)31-28(36)33-14-10-20(11-15-33)26(27(34)35)32-12-8-19(9-13-32)23-17-30-25-5-3-2-4-22(23)25;31-25(8-7-21-4-3-17-34-21)29-13-11-20(12-14-29)26(27(32)33)30-15-9-19(10-16-30)23-18-28-24-6-2-1-5-22(23)24;31-25(6-5-19-11-16-34-18-19)29-12-9-21(10-13-29)26(27(32)33)30-14-7-20(8-15-30)23-17-28-24-4-2-1-3-22(23)24/h2-7,16-17,19-20,26,30H,8-15H2,1H3,(H,31,36)(H,34,35);1-8,17-20,26,28H,9-16H2,(H,32,33);1-6,11,16-18,20-21,26,28H,7-10,12-15H2,(H,32,33)/b;8-7+;6-5+. The van der Waals surface area contributed by atoms with Gasteiger partial charge in [-0.2, -0.15) is 11.3 Å². The van der Waals surface area contributed by atoms with E-state index in [0.717, 1.165) is 130 Å². The van der Waals surface area contributed by atoms with Crippen molar-refractivity contribution in [2.75, 3.05) is 83.9 Å². The number of aliphatic carboxylic acids is 3. The number of fused-ring (bicyclic) bond motifs is 3. The highest BCUT2D eigenvalue weighted by atomic mass is 32.1. The lowest BCUT2D eigenvalue weighted by molar-refractivity contribution is -0.148. The average molecular weight is 1450 g/mol. The number of hydrogen-bond acceptors (Lipinski definition) is 11. The molecule has 5 aromatic heterocycles. The number of carbonyl (C=O) groups is 6. The van der Waals surface area contributed by atoms with E-state index in [9.17, 15) is 48.5 Å². The molecule has 6 saturated heterocycles. The summed E-state index contributed by atoms with van der Waals surface area (Å²) in [7, 11) is 0. The number of piperidine rings is 6. The lowest BCUT2D eigenvalue weighted by Crippen LogP contribution is -2.52. The fourth-order valence-electron chi connectivity index (χ4n) is 17.2. The summed E-state index contributed by atoms with van der Waals surface area (Å²) in [6.45, 7) is 9.84. The van der Waals surface area contributed by atoms with Crippen LogP contribution in [0.4, 0.5) is 14.9 Å². The minimum atomic E-state index is -0.773. The van der Waals surface area contributed by atoms with E-state index < -0.39 is 36.0 Å². The Morgan fingerprint density at radius 1 is 0.471 bits per heavy atom. The van der Waals surface area contributed by atoms with Crippen LogP contribution in [0, 0.1) is 30.5 Å². The Labute approximate surface area is 614 Å². The number of anilines is 1. The van der Waals surface area contributed by atoms with Crippen LogP contribution in [0.25, 0.3) is 44.9 Å². The van der Waals surface area contributed by atoms with Gasteiger partial charge in [0, 0.05) is 113 Å². The molecule has 22 heteroatoms. The lowest BCUT2D eigenvalue weighted by atomic mass is 9.84. The van der Waals surface area contributed by atoms with Crippen molar-refractivity contribution in [2.45, 2.75) is 120 Å². The summed E-state index contributed by atoms with van der Waals surface area (Å²) in [6.07, 6.45) is 23.3. The van der Waals surface area contributed by atoms with Gasteiger partial charge >= 0.3 is 23.9 Å². The van der Waals surface area contributed by atoms with Crippen LogP contribution in [-0.4, -0.2) is 192 Å². The molecule has 546 valence electrons. The number of benzene rings is 4. The monoisotopic (exact) mass is 1450 g/mol. The summed E-state index contributed by atoms with van der Waals surface area (Å²) >= 11 is 3.21. The third-order valence-electron chi connectivity index (χ3n) is 22.9. The number of aryl methyl sites for hydroxylation is 1. The van der Waals surface area contributed by atoms with Crippen molar-refractivity contribution in [3.05, 3.63) is 195 Å². The van der Waals surface area contributed by atoms with Crippen molar-refractivity contribution in [1.29, 1.82) is 0 Å². The number of amides is 4. The molecule has 3 atom stereocenters. The number of para-hydroxylation sites is 3. The van der Waals surface area contributed by atoms with Gasteiger partial charge in [-0.05, 0) is 263 Å². The molecule has 9 aromatic rings. The molecule has 15 rings (SSSR count). The zero-order chi connectivity index (χ0) is 72.2. The molecule has 3 unspecified atom stereocenters. The van der Waals surface area contributed by atoms with Crippen LogP contribution < -0.4 is 5.32 Å². The number of carboxylic acids is 3. The lowest BCUT2D eigenvalue weighted by Gasteiger charge is -2.41. The SMILES string of the molecule is Cc1cc(NC(=O)N2CCC(C(C(=O)O)N3CCC(c4c[nH]c5ccccc45)CC3)CC2)ccc1F.O=C(O)C(C1CCN(C(=O)/C=C/c2cccs2)CC1)N1CCC(c2c[nH]c3ccccc23)CC1.O=C(O)C(C1CCN(C(=O)/C=C/c2ccsc2)CC1)N1CCC(c2c[nH]c3ccccc23)CC1. The number of carboxylic acid groups (broad SMARTS) is 3. The molecule has 7 N–H and O–H groups in total. The first-order chi connectivity index (χ1) is 50.6. The van der Waals surface area contributed by atoms with Crippen LogP contribution in [0.3, 0.4) is 0 Å². The summed E-state index contributed by atoms with van der Waals surface area (Å²) in [5.74, 6) is -1.02. The van der Waals surface area contributed by atoms with Crippen LogP contribution in [0.15, 0.2) is 156 Å². The molecule has 19 nitrogen and oxygen atoms in total. The topological polar surface area (TPSA) is 242 Å². The zero-order valence-electron chi connectivity index (χ0n) is 59.0. The minimum absolute atomic E-state index is 0.00394. The first-order valence-corrected chi connectivity index (χ1v) is 38.8. The van der Waals surface area contributed by atoms with E-state index in [2.05, 4.69) is 108 Å². The molecule has 0 bridgehead atoms. The molecule has 4 aromatic carbocycles. The van der Waals surface area contributed by atoms with Gasteiger partial charge in [0.2, 0.25) is 11.8 Å². The molecule has 0 radical (unpaired) electrons. The number of halogens is 1. The molecule has 0 spiro atoms. The molecule has 0 saturated carbocycles. The number of carbonyl (C=O) groups excluding carboxylic acids is 3. The molecule has 6 aliphatic heterocycles. The maximum absolute atomic E-state index is 13.5. The fourth-order valence-corrected chi connectivity index (χ4v) is 18.5. The van der Waals surface area contributed by atoms with Gasteiger partial charge in [-0.3, -0.25) is 38.7 Å². The van der Waals surface area contributed by atoms with E-state index >= 15 is 0 Å².